The van der Waals surface area contributed by atoms with Gasteiger partial charge in [0.2, 0.25) is 5.91 Å². The monoisotopic (exact) mass is 976 g/mol. The molecule has 4 saturated heterocycles. The van der Waals surface area contributed by atoms with Crippen molar-refractivity contribution in [1.82, 2.24) is 15.5 Å². The molecule has 8 fully saturated rings. The molecule has 12 heteroatoms. The van der Waals surface area contributed by atoms with Gasteiger partial charge in [0.25, 0.3) is 0 Å². The van der Waals surface area contributed by atoms with Gasteiger partial charge in [-0.25, -0.2) is 0 Å². The molecule has 0 radical (unpaired) electrons. The van der Waals surface area contributed by atoms with Gasteiger partial charge in [-0.05, 0) is 192 Å². The predicted octanol–water partition coefficient (Wildman–Crippen LogP) is 9.92. The lowest BCUT2D eigenvalue weighted by Crippen LogP contribution is -2.57. The van der Waals surface area contributed by atoms with E-state index in [-0.39, 0.29) is 47.2 Å². The zero-order valence-corrected chi connectivity index (χ0v) is 43.4. The van der Waals surface area contributed by atoms with Gasteiger partial charge in [0.15, 0.2) is 0 Å². The van der Waals surface area contributed by atoms with E-state index in [2.05, 4.69) is 65.9 Å². The molecular weight excluding hydrogens is 892 g/mol. The number of piperidine rings is 2. The molecule has 0 bridgehead atoms. The van der Waals surface area contributed by atoms with Gasteiger partial charge in [0.05, 0.1) is 48.2 Å². The molecule has 20 atom stereocenters. The third-order valence-electron chi connectivity index (χ3n) is 22.9. The van der Waals surface area contributed by atoms with Crippen molar-refractivity contribution in [1.29, 1.82) is 0 Å². The van der Waals surface area contributed by atoms with Crippen LogP contribution in [0.4, 0.5) is 13.2 Å². The van der Waals surface area contributed by atoms with Crippen LogP contribution in [-0.4, -0.2) is 100 Å². The first-order chi connectivity index (χ1) is 33.1. The van der Waals surface area contributed by atoms with E-state index in [0.717, 1.165) is 94.4 Å². The molecule has 2 spiro atoms. The maximum absolute atomic E-state index is 13.2. The van der Waals surface area contributed by atoms with Crippen LogP contribution in [0.25, 0.3) is 0 Å². The topological polar surface area (TPSA) is 120 Å². The third kappa shape index (κ3) is 7.59. The number of hydrogen-bond acceptors (Lipinski definition) is 7. The Morgan fingerprint density at radius 1 is 0.743 bits per heavy atom. The third-order valence-corrected chi connectivity index (χ3v) is 22.9. The normalized spacial score (nSPS) is 49.0. The number of nitrogens with zero attached hydrogens (tertiary/aromatic N) is 1. The number of aliphatic hydroxyl groups excluding tert-OH is 2. The number of rotatable bonds is 2. The van der Waals surface area contributed by atoms with Gasteiger partial charge in [-0.1, -0.05) is 76.0 Å². The number of hydrogen-bond donors (Lipinski definition) is 4. The van der Waals surface area contributed by atoms with Crippen molar-refractivity contribution in [2.45, 2.75) is 212 Å². The number of amides is 2. The van der Waals surface area contributed by atoms with Gasteiger partial charge in [-0.2, -0.15) is 13.2 Å². The molecule has 0 aromatic rings. The van der Waals surface area contributed by atoms with Crippen LogP contribution in [0, 0.1) is 70.0 Å². The van der Waals surface area contributed by atoms with E-state index < -0.39 is 30.1 Å². The van der Waals surface area contributed by atoms with Crippen LogP contribution >= 0.6 is 0 Å². The maximum atomic E-state index is 13.2. The van der Waals surface area contributed by atoms with Crippen molar-refractivity contribution < 1.29 is 42.4 Å². The van der Waals surface area contributed by atoms with E-state index in [4.69, 9.17) is 9.47 Å². The average Bonchev–Trinajstić information content (AvgIpc) is 4.05. The van der Waals surface area contributed by atoms with Gasteiger partial charge in [-0.15, -0.1) is 0 Å². The average molecular weight is 976 g/mol. The van der Waals surface area contributed by atoms with Gasteiger partial charge in [0, 0.05) is 24.4 Å². The highest BCUT2D eigenvalue weighted by Crippen LogP contribution is 2.67. The Balaban J connectivity index is 0.000000158. The van der Waals surface area contributed by atoms with Crippen LogP contribution in [0.5, 0.6) is 0 Å². The molecule has 0 aromatic heterocycles. The van der Waals surface area contributed by atoms with Crippen molar-refractivity contribution in [2.75, 3.05) is 19.6 Å². The standard InChI is InChI=1S/C31H43F3N2O4.C27H41NO2/c1-16-11-25-27(36(15-16)26(38)14-35-28(39)31(32,33)34)18(3)30(40-25)10-8-21-22-6-5-19-12-20(37)7-9-29(19,4)24(22)13-23(21)17(30)2;1-15-11-24-25(28-14-15)17(3)27(30-24)10-8-20-21-6-5-18-12-19(29)7-9-26(18,4)23(21)13-22(20)16(27)2/h5,16,18,20-22,24-25,27,37H,6-15H2,1-4H3,(H,35,39);5,15,17,19-21,23-25,28-29H,6-14H2,1-4H3/t16-,18+,20-,21-,22-,24-,25+,27-,29-,30-;15-,17+,19-,20-,21-,23-,24+,25-,26-,27-/m00/s1. The number of carbonyl (C=O) groups excluding carboxylic acids is 2. The number of ether oxygens (including phenoxy) is 2. The molecule has 388 valence electrons. The number of allylic oxidation sites excluding steroid dienone is 4. The first kappa shape index (κ1) is 49.7. The summed E-state index contributed by atoms with van der Waals surface area (Å²) < 4.78 is 52.2. The Labute approximate surface area is 415 Å². The summed E-state index contributed by atoms with van der Waals surface area (Å²) in [6, 6.07) is 0.301. The molecular formula is C58H84F3N3O6. The lowest BCUT2D eigenvalue weighted by atomic mass is 9.56. The Bertz CT molecular complexity index is 2260. The van der Waals surface area contributed by atoms with Gasteiger partial charge in [0.1, 0.15) is 0 Å². The summed E-state index contributed by atoms with van der Waals surface area (Å²) in [5, 5.41) is 26.2. The minimum atomic E-state index is -5.02. The van der Waals surface area contributed by atoms with Gasteiger partial charge < -0.3 is 35.2 Å². The summed E-state index contributed by atoms with van der Waals surface area (Å²) in [5.74, 6) is 2.93. The number of carbonyl (C=O) groups is 2. The molecule has 4 saturated carbocycles. The first-order valence-electron chi connectivity index (χ1n) is 28.0. The second-order valence-electron chi connectivity index (χ2n) is 26.1. The van der Waals surface area contributed by atoms with E-state index in [1.807, 2.05) is 6.92 Å². The smallest absolute Gasteiger partial charge is 0.393 e. The van der Waals surface area contributed by atoms with Gasteiger partial charge in [-0.3, -0.25) is 9.59 Å². The highest BCUT2D eigenvalue weighted by Gasteiger charge is 2.64. The first-order valence-corrected chi connectivity index (χ1v) is 28.0. The summed E-state index contributed by atoms with van der Waals surface area (Å²) in [7, 11) is 0. The fraction of sp³-hybridized carbons (Fsp3) is 0.828. The van der Waals surface area contributed by atoms with Crippen molar-refractivity contribution in [2.24, 2.45) is 70.0 Å². The molecule has 12 aliphatic rings. The van der Waals surface area contributed by atoms with E-state index in [9.17, 15) is 33.0 Å². The fourth-order valence-electron chi connectivity index (χ4n) is 19.0. The lowest BCUT2D eigenvalue weighted by Gasteiger charge is -2.49. The van der Waals surface area contributed by atoms with E-state index >= 15 is 0 Å². The molecule has 4 aliphatic heterocycles. The van der Waals surface area contributed by atoms with Crippen LogP contribution in [0.15, 0.2) is 45.6 Å². The van der Waals surface area contributed by atoms with Crippen molar-refractivity contribution in [3.05, 3.63) is 45.6 Å². The molecule has 2 amide bonds. The number of alkyl halides is 3. The van der Waals surface area contributed by atoms with Crippen LogP contribution in [0.2, 0.25) is 0 Å². The molecule has 8 aliphatic carbocycles. The van der Waals surface area contributed by atoms with Crippen molar-refractivity contribution in [3.63, 3.8) is 0 Å². The van der Waals surface area contributed by atoms with E-state index in [0.29, 0.717) is 47.8 Å². The second kappa shape index (κ2) is 17.5. The predicted molar refractivity (Wildman–Crippen MR) is 263 cm³/mol. The number of likely N-dealkylation sites (tertiary alicyclic amines) is 1. The summed E-state index contributed by atoms with van der Waals surface area (Å²) in [6.07, 6.45) is 16.7. The quantitative estimate of drug-likeness (QED) is 0.204. The number of halogens is 3. The van der Waals surface area contributed by atoms with Crippen LogP contribution < -0.4 is 10.6 Å². The molecule has 0 aromatic carbocycles. The number of fused-ring (bicyclic) bond motifs is 12. The minimum Gasteiger partial charge on any atom is -0.393 e. The minimum absolute atomic E-state index is 0.00236. The highest BCUT2D eigenvalue weighted by atomic mass is 19.4. The van der Waals surface area contributed by atoms with Crippen molar-refractivity contribution >= 4 is 11.8 Å². The van der Waals surface area contributed by atoms with E-state index in [1.165, 1.54) is 55.2 Å². The maximum Gasteiger partial charge on any atom is 0.471 e. The van der Waals surface area contributed by atoms with Gasteiger partial charge >= 0.3 is 12.1 Å². The molecule has 4 heterocycles. The van der Waals surface area contributed by atoms with Crippen LogP contribution in [0.3, 0.4) is 0 Å². The molecule has 4 N–H and O–H groups in total. The Morgan fingerprint density at radius 3 is 1.80 bits per heavy atom. The van der Waals surface area contributed by atoms with Crippen LogP contribution in [0.1, 0.15) is 158 Å². The number of aliphatic hydroxyl groups is 2. The zero-order chi connectivity index (χ0) is 49.6. The SMILES string of the molecule is CC1=C2C[C@H]3[C@@H](CC=C4C[C@@H](O)CC[C@@]43C)[C@@H]2CC[C@]12O[C@@H]1C[C@H](C)CN(C(=O)CNC(=O)C(F)(F)F)[C@H]1[C@H]2C.CC1=C2C[C@H]3[C@@H](CC=C4C[C@@H](O)CC[C@@]43C)[C@@H]2CC[C@]12O[C@@H]1C[C@H](C)CN[C@H]1[C@H]2C. The number of nitrogens with one attached hydrogen (secondary N) is 2. The molecule has 9 nitrogen and oxygen atoms in total. The van der Waals surface area contributed by atoms with Crippen LogP contribution in [-0.2, 0) is 19.1 Å². The Morgan fingerprint density at radius 2 is 1.26 bits per heavy atom. The fourth-order valence-corrected chi connectivity index (χ4v) is 19.0. The van der Waals surface area contributed by atoms with Crippen molar-refractivity contribution in [3.8, 4) is 0 Å². The summed E-state index contributed by atoms with van der Waals surface area (Å²) in [4.78, 5) is 26.3. The molecule has 12 rings (SSSR count). The van der Waals surface area contributed by atoms with E-state index in [1.54, 1.807) is 26.9 Å². The summed E-state index contributed by atoms with van der Waals surface area (Å²) in [6.45, 7) is 19.5. The largest absolute Gasteiger partial charge is 0.471 e. The summed E-state index contributed by atoms with van der Waals surface area (Å²) in [5.41, 5.74) is 9.19. The second-order valence-corrected chi connectivity index (χ2v) is 26.1. The summed E-state index contributed by atoms with van der Waals surface area (Å²) >= 11 is 0. The Kier molecular flexibility index (Phi) is 12.5. The molecule has 70 heavy (non-hydrogen) atoms. The zero-order valence-electron chi connectivity index (χ0n) is 43.4. The Hall–Kier alpha value is -2.51. The lowest BCUT2D eigenvalue weighted by molar-refractivity contribution is -0.174. The highest BCUT2D eigenvalue weighted by molar-refractivity contribution is 5.87. The molecule has 0 unspecified atom stereocenters.